The van der Waals surface area contributed by atoms with Crippen LogP contribution in [0.5, 0.6) is 0 Å². The van der Waals surface area contributed by atoms with Crippen LogP contribution in [-0.4, -0.2) is 37.2 Å². The van der Waals surface area contributed by atoms with Crippen LogP contribution in [-0.2, 0) is 5.72 Å². The number of anilines is 2. The van der Waals surface area contributed by atoms with E-state index in [0.717, 1.165) is 28.2 Å². The zero-order valence-corrected chi connectivity index (χ0v) is 36.5. The number of ketones is 1. The van der Waals surface area contributed by atoms with Crippen molar-refractivity contribution in [1.29, 1.82) is 0 Å². The molecule has 2 N–H and O–H groups in total. The smallest absolute Gasteiger partial charge is 0.338 e. The minimum atomic E-state index is -1.74. The van der Waals surface area contributed by atoms with E-state index in [4.69, 9.17) is 46.4 Å². The molecule has 2 heterocycles. The number of aromatic nitrogens is 2. The first-order valence-electron chi connectivity index (χ1n) is 19.2. The summed E-state index contributed by atoms with van der Waals surface area (Å²) in [6.45, 7) is 6.86. The number of aliphatic hydroxyl groups is 2. The number of halogens is 4. The minimum absolute atomic E-state index is 0.130. The average molecular weight is 895 g/mol. The van der Waals surface area contributed by atoms with Gasteiger partial charge in [0.15, 0.2) is 11.5 Å². The number of Topliss-reactive ketones (excluding diaryl/α,β-unsaturated/α-hetero) is 1. The fraction of sp³-hybridized carbons (Fsp3) is 0.146. The lowest BCUT2D eigenvalue weighted by Crippen LogP contribution is -2.48. The van der Waals surface area contributed by atoms with Crippen molar-refractivity contribution in [3.05, 3.63) is 199 Å². The molecule has 0 saturated carbocycles. The third-order valence-corrected chi connectivity index (χ3v) is 11.7. The molecule has 2 amide bonds. The first-order chi connectivity index (χ1) is 29.1. The Morgan fingerprint density at radius 3 is 1.64 bits per heavy atom. The first kappa shape index (κ1) is 43.4. The fourth-order valence-corrected chi connectivity index (χ4v) is 8.08. The number of amides is 2. The second kappa shape index (κ2) is 17.8. The second-order valence-corrected chi connectivity index (χ2v) is 16.4. The quantitative estimate of drug-likeness (QED) is 0.148. The van der Waals surface area contributed by atoms with Gasteiger partial charge in [-0.1, -0.05) is 82.8 Å². The van der Waals surface area contributed by atoms with Gasteiger partial charge in [-0.3, -0.25) is 23.7 Å². The van der Waals surface area contributed by atoms with E-state index in [1.165, 1.54) is 16.7 Å². The molecular formula is C48H40Cl4N4O5. The Morgan fingerprint density at radius 2 is 1.13 bits per heavy atom. The van der Waals surface area contributed by atoms with E-state index in [0.29, 0.717) is 48.3 Å². The molecule has 8 rings (SSSR count). The van der Waals surface area contributed by atoms with E-state index in [2.05, 4.69) is 0 Å². The maximum Gasteiger partial charge on any atom is 0.338 e. The van der Waals surface area contributed by atoms with Gasteiger partial charge in [-0.25, -0.2) is 9.59 Å². The maximum atomic E-state index is 13.7. The highest BCUT2D eigenvalue weighted by molar-refractivity contribution is 6.31. The molecule has 3 atom stereocenters. The third-order valence-electron chi connectivity index (χ3n) is 10.7. The van der Waals surface area contributed by atoms with Crippen molar-refractivity contribution in [3.63, 3.8) is 0 Å². The van der Waals surface area contributed by atoms with Crippen molar-refractivity contribution in [1.82, 2.24) is 9.13 Å². The molecule has 0 bridgehead atoms. The summed E-state index contributed by atoms with van der Waals surface area (Å²) in [6, 6.07) is 41.0. The number of imidazole rings is 1. The lowest BCUT2D eigenvalue weighted by Gasteiger charge is -2.36. The van der Waals surface area contributed by atoms with Crippen LogP contribution < -0.4 is 15.5 Å². The van der Waals surface area contributed by atoms with Crippen LogP contribution in [0.1, 0.15) is 54.1 Å². The zero-order valence-electron chi connectivity index (χ0n) is 33.4. The Hall–Kier alpha value is -5.65. The van der Waals surface area contributed by atoms with Crippen molar-refractivity contribution < 1.29 is 19.8 Å². The van der Waals surface area contributed by atoms with Gasteiger partial charge in [0.25, 0.3) is 0 Å². The molecule has 0 radical (unpaired) electrons. The largest absolute Gasteiger partial charge is 0.389 e. The number of hydrogen-bond donors (Lipinski definition) is 2. The highest BCUT2D eigenvalue weighted by Gasteiger charge is 2.57. The molecule has 1 fully saturated rings. The molecule has 1 aromatic heterocycles. The van der Waals surface area contributed by atoms with Gasteiger partial charge in [0, 0.05) is 53.8 Å². The van der Waals surface area contributed by atoms with Gasteiger partial charge in [0.2, 0.25) is 0 Å². The standard InChI is InChI=1S/C24H20Cl2N2O3.C24H20Cl2N2O2/c1-15(29)17-4-3-5-18(14-17)24(31)16(2)27(21-10-6-19(25)7-11-21)23(30)28(24)22-12-8-20(26)9-13-22;1-15-23(18-5-3-4-17(14-18)16(2)29)28(22-12-8-20(26)9-13-22)24(30)27(15)21-10-6-19(25)7-11-21/h3-14,16,31H,1-2H3;3-14,16,29H,1-2H3. The highest BCUT2D eigenvalue weighted by Crippen LogP contribution is 2.45. The number of nitrogens with zero attached hydrogens (tertiary/aromatic N) is 4. The van der Waals surface area contributed by atoms with Gasteiger partial charge in [-0.15, -0.1) is 0 Å². The number of hydrogen-bond acceptors (Lipinski definition) is 5. The Bertz CT molecular complexity index is 2790. The lowest BCUT2D eigenvalue weighted by molar-refractivity contribution is 0.0372. The van der Waals surface area contributed by atoms with Gasteiger partial charge >= 0.3 is 11.7 Å². The predicted molar refractivity (Wildman–Crippen MR) is 245 cm³/mol. The van der Waals surface area contributed by atoms with Crippen molar-refractivity contribution >= 4 is 69.6 Å². The molecule has 1 saturated heterocycles. The lowest BCUT2D eigenvalue weighted by atomic mass is 9.92. The SMILES string of the molecule is CC(=O)c1cccc(C2(O)C(C)N(c3ccc(Cl)cc3)C(=O)N2c2ccc(Cl)cc2)c1.Cc1c(-c2cccc(C(C)O)c2)n(-c2ccc(Cl)cc2)c(=O)n1-c1ccc(Cl)cc1. The van der Waals surface area contributed by atoms with E-state index >= 15 is 0 Å². The van der Waals surface area contributed by atoms with Crippen LogP contribution in [0.25, 0.3) is 22.6 Å². The van der Waals surface area contributed by atoms with E-state index in [-0.39, 0.29) is 11.5 Å². The van der Waals surface area contributed by atoms with Crippen molar-refractivity contribution in [2.45, 2.75) is 45.6 Å². The zero-order chi connectivity index (χ0) is 43.7. The number of rotatable bonds is 8. The first-order valence-corrected chi connectivity index (χ1v) is 20.7. The summed E-state index contributed by atoms with van der Waals surface area (Å²) in [7, 11) is 0. The summed E-state index contributed by atoms with van der Waals surface area (Å²) in [5.74, 6) is -0.130. The van der Waals surface area contributed by atoms with E-state index in [1.807, 2.05) is 55.5 Å². The normalized spacial score (nSPS) is 16.6. The second-order valence-electron chi connectivity index (χ2n) is 14.6. The van der Waals surface area contributed by atoms with Crippen molar-refractivity contribution in [2.75, 3.05) is 9.80 Å². The number of aliphatic hydroxyl groups excluding tert-OH is 1. The van der Waals surface area contributed by atoms with Gasteiger partial charge in [-0.2, -0.15) is 0 Å². The van der Waals surface area contributed by atoms with Crippen LogP contribution in [0.4, 0.5) is 16.2 Å². The molecule has 1 aliphatic rings. The molecule has 7 aromatic rings. The van der Waals surface area contributed by atoms with Gasteiger partial charge < -0.3 is 10.2 Å². The molecule has 61 heavy (non-hydrogen) atoms. The molecule has 310 valence electrons. The fourth-order valence-electron chi connectivity index (χ4n) is 7.57. The van der Waals surface area contributed by atoms with E-state index in [1.54, 1.807) is 120 Å². The number of carbonyl (C=O) groups excluding carboxylic acids is 2. The molecular weight excluding hydrogens is 854 g/mol. The molecule has 9 nitrogen and oxygen atoms in total. The number of benzene rings is 6. The molecule has 0 spiro atoms. The summed E-state index contributed by atoms with van der Waals surface area (Å²) in [4.78, 5) is 42.1. The van der Waals surface area contributed by atoms with Crippen LogP contribution in [0.15, 0.2) is 150 Å². The summed E-state index contributed by atoms with van der Waals surface area (Å²) in [5, 5.41) is 24.4. The average Bonchev–Trinajstić information content (AvgIpc) is 3.63. The molecule has 3 unspecified atom stereocenters. The minimum Gasteiger partial charge on any atom is -0.389 e. The van der Waals surface area contributed by atoms with Crippen LogP contribution in [0, 0.1) is 6.92 Å². The van der Waals surface area contributed by atoms with Crippen LogP contribution >= 0.6 is 46.4 Å². The number of carbonyl (C=O) groups is 2. The van der Waals surface area contributed by atoms with E-state index < -0.39 is 23.9 Å². The summed E-state index contributed by atoms with van der Waals surface area (Å²) >= 11 is 24.2. The van der Waals surface area contributed by atoms with Gasteiger partial charge in [-0.05, 0) is 142 Å². The maximum absolute atomic E-state index is 13.7. The summed E-state index contributed by atoms with van der Waals surface area (Å²) in [5.41, 5.74) is 4.60. The topological polar surface area (TPSA) is 108 Å². The van der Waals surface area contributed by atoms with Gasteiger partial charge in [0.1, 0.15) is 0 Å². The summed E-state index contributed by atoms with van der Waals surface area (Å²) < 4.78 is 3.33. The molecule has 0 aliphatic carbocycles. The van der Waals surface area contributed by atoms with Gasteiger partial charge in [0.05, 0.1) is 29.2 Å². The molecule has 6 aromatic carbocycles. The Balaban J connectivity index is 0.000000184. The third kappa shape index (κ3) is 8.50. The monoisotopic (exact) mass is 892 g/mol. The Kier molecular flexibility index (Phi) is 12.6. The van der Waals surface area contributed by atoms with Crippen molar-refractivity contribution in [2.24, 2.45) is 0 Å². The molecule has 1 aliphatic heterocycles. The Labute approximate surface area is 373 Å². The molecule has 13 heteroatoms. The highest BCUT2D eigenvalue weighted by atomic mass is 35.5. The van der Waals surface area contributed by atoms with Crippen LogP contribution in [0.3, 0.4) is 0 Å². The Morgan fingerprint density at radius 1 is 0.656 bits per heavy atom. The van der Waals surface area contributed by atoms with Crippen LogP contribution in [0.2, 0.25) is 20.1 Å². The summed E-state index contributed by atoms with van der Waals surface area (Å²) in [6.07, 6.45) is -0.612. The predicted octanol–water partition coefficient (Wildman–Crippen LogP) is 11.8. The van der Waals surface area contributed by atoms with E-state index in [9.17, 15) is 24.6 Å². The number of urea groups is 1. The van der Waals surface area contributed by atoms with Crippen molar-refractivity contribution in [3.8, 4) is 22.6 Å².